The second kappa shape index (κ2) is 5.00. The van der Waals surface area contributed by atoms with Gasteiger partial charge in [-0.25, -0.2) is 4.98 Å². The van der Waals surface area contributed by atoms with Crippen LogP contribution in [0.2, 0.25) is 0 Å². The molecule has 0 bridgehead atoms. The first kappa shape index (κ1) is 13.9. The number of aliphatic hydroxyl groups excluding tert-OH is 1. The van der Waals surface area contributed by atoms with Crippen LogP contribution in [0.1, 0.15) is 5.56 Å². The Bertz CT molecular complexity index is 451. The quantitative estimate of drug-likeness (QED) is 0.504. The predicted molar refractivity (Wildman–Crippen MR) is 56.2 cm³/mol. The molecule has 0 aromatic carbocycles. The number of alkyl halides is 3. The van der Waals surface area contributed by atoms with Gasteiger partial charge in [0.2, 0.25) is 0 Å². The highest BCUT2D eigenvalue weighted by atomic mass is 127. The van der Waals surface area contributed by atoms with Crippen LogP contribution in [0.4, 0.5) is 18.9 Å². The van der Waals surface area contributed by atoms with Gasteiger partial charge in [0.15, 0.2) is 0 Å². The van der Waals surface area contributed by atoms with Crippen molar-refractivity contribution < 1.29 is 27.9 Å². The lowest BCUT2D eigenvalue weighted by Crippen LogP contribution is -2.19. The van der Waals surface area contributed by atoms with E-state index in [-0.39, 0.29) is 9.13 Å². The molecule has 0 saturated carbocycles. The lowest BCUT2D eigenvalue weighted by atomic mass is 10.2. The number of halogens is 4. The summed E-state index contributed by atoms with van der Waals surface area (Å²) in [6.07, 6.45) is -4.14. The summed E-state index contributed by atoms with van der Waals surface area (Å²) in [5.41, 5.74) is -1.26. The number of nitro groups is 1. The van der Waals surface area contributed by atoms with Crippen LogP contribution in [-0.2, 0) is 6.61 Å². The molecule has 0 saturated heterocycles. The van der Waals surface area contributed by atoms with Crippen molar-refractivity contribution in [1.29, 1.82) is 0 Å². The number of rotatable bonds is 3. The van der Waals surface area contributed by atoms with E-state index in [1.165, 1.54) is 0 Å². The van der Waals surface area contributed by atoms with E-state index in [0.717, 1.165) is 6.20 Å². The van der Waals surface area contributed by atoms with Crippen molar-refractivity contribution in [2.24, 2.45) is 0 Å². The van der Waals surface area contributed by atoms with Crippen LogP contribution in [0, 0.1) is 13.7 Å². The van der Waals surface area contributed by atoms with Crippen LogP contribution in [0.5, 0.6) is 5.88 Å². The maximum Gasteiger partial charge on any atom is 0.574 e. The summed E-state index contributed by atoms with van der Waals surface area (Å²) >= 11 is 1.61. The first-order valence-electron chi connectivity index (χ1n) is 3.94. The smallest absolute Gasteiger partial charge is 0.391 e. The summed E-state index contributed by atoms with van der Waals surface area (Å²) < 4.78 is 39.5. The van der Waals surface area contributed by atoms with E-state index in [1.54, 1.807) is 22.6 Å². The number of aliphatic hydroxyl groups is 1. The molecule has 0 fully saturated rings. The van der Waals surface area contributed by atoms with E-state index in [9.17, 15) is 23.3 Å². The Balaban J connectivity index is 3.36. The van der Waals surface area contributed by atoms with Crippen molar-refractivity contribution in [3.8, 4) is 5.88 Å². The van der Waals surface area contributed by atoms with E-state index in [4.69, 9.17) is 5.11 Å². The lowest BCUT2D eigenvalue weighted by molar-refractivity contribution is -0.390. The summed E-state index contributed by atoms with van der Waals surface area (Å²) in [4.78, 5) is 12.8. The molecule has 0 radical (unpaired) electrons. The molecule has 1 rings (SSSR count). The van der Waals surface area contributed by atoms with Crippen molar-refractivity contribution >= 4 is 28.3 Å². The van der Waals surface area contributed by atoms with E-state index in [0.29, 0.717) is 0 Å². The average Bonchev–Trinajstić information content (AvgIpc) is 2.17. The minimum Gasteiger partial charge on any atom is -0.391 e. The summed E-state index contributed by atoms with van der Waals surface area (Å²) in [6, 6.07) is 0. The fraction of sp³-hybridized carbons (Fsp3) is 0.286. The van der Waals surface area contributed by atoms with E-state index < -0.39 is 29.5 Å². The maximum atomic E-state index is 12.0. The Morgan fingerprint density at radius 3 is 2.59 bits per heavy atom. The zero-order chi connectivity index (χ0) is 13.2. The SMILES string of the molecule is O=[N+]([O-])c1c(OC(F)(F)F)ncc(I)c1CO. The van der Waals surface area contributed by atoms with Gasteiger partial charge in [-0.3, -0.25) is 10.1 Å². The van der Waals surface area contributed by atoms with Gasteiger partial charge in [0.05, 0.1) is 17.1 Å². The molecule has 1 heterocycles. The third kappa shape index (κ3) is 3.39. The molecule has 0 aliphatic heterocycles. The van der Waals surface area contributed by atoms with Crippen molar-refractivity contribution in [2.75, 3.05) is 0 Å². The van der Waals surface area contributed by atoms with Gasteiger partial charge in [-0.2, -0.15) is 0 Å². The van der Waals surface area contributed by atoms with Crippen LogP contribution in [-0.4, -0.2) is 21.4 Å². The normalized spacial score (nSPS) is 11.4. The Kier molecular flexibility index (Phi) is 4.08. The summed E-state index contributed by atoms with van der Waals surface area (Å²) in [6.45, 7) is -0.786. The zero-order valence-corrected chi connectivity index (χ0v) is 10.0. The van der Waals surface area contributed by atoms with E-state index in [1.807, 2.05) is 0 Å². The largest absolute Gasteiger partial charge is 0.574 e. The minimum atomic E-state index is -5.09. The first-order valence-corrected chi connectivity index (χ1v) is 5.02. The van der Waals surface area contributed by atoms with Gasteiger partial charge in [0.25, 0.3) is 0 Å². The van der Waals surface area contributed by atoms with Crippen LogP contribution >= 0.6 is 22.6 Å². The Hall–Kier alpha value is -1.17. The third-order valence-electron chi connectivity index (χ3n) is 1.62. The minimum absolute atomic E-state index is 0.173. The number of pyridine rings is 1. The van der Waals surface area contributed by atoms with Crippen molar-refractivity contribution in [3.63, 3.8) is 0 Å². The van der Waals surface area contributed by atoms with Gasteiger partial charge in [-0.1, -0.05) is 0 Å². The molecule has 0 atom stereocenters. The molecule has 6 nitrogen and oxygen atoms in total. The highest BCUT2D eigenvalue weighted by Crippen LogP contribution is 2.34. The molecule has 0 aliphatic carbocycles. The number of hydrogen-bond acceptors (Lipinski definition) is 5. The molecule has 1 aromatic heterocycles. The van der Waals surface area contributed by atoms with E-state index >= 15 is 0 Å². The van der Waals surface area contributed by atoms with Crippen LogP contribution in [0.25, 0.3) is 0 Å². The fourth-order valence-corrected chi connectivity index (χ4v) is 1.58. The highest BCUT2D eigenvalue weighted by Gasteiger charge is 2.37. The predicted octanol–water partition coefficient (Wildman–Crippen LogP) is 1.99. The molecule has 0 aliphatic rings. The van der Waals surface area contributed by atoms with Crippen LogP contribution < -0.4 is 4.74 Å². The first-order chi connectivity index (χ1) is 7.76. The van der Waals surface area contributed by atoms with E-state index in [2.05, 4.69) is 9.72 Å². The molecular formula is C7H4F3IN2O4. The van der Waals surface area contributed by atoms with Gasteiger partial charge < -0.3 is 9.84 Å². The molecule has 0 spiro atoms. The van der Waals surface area contributed by atoms with Gasteiger partial charge in [0.1, 0.15) is 0 Å². The zero-order valence-electron chi connectivity index (χ0n) is 7.86. The summed E-state index contributed by atoms with van der Waals surface area (Å²) in [5.74, 6) is -1.19. The highest BCUT2D eigenvalue weighted by molar-refractivity contribution is 14.1. The van der Waals surface area contributed by atoms with Crippen molar-refractivity contribution in [2.45, 2.75) is 13.0 Å². The molecule has 0 unspecified atom stereocenters. The van der Waals surface area contributed by atoms with Crippen LogP contribution in [0.15, 0.2) is 6.20 Å². The molecule has 94 valence electrons. The second-order valence-electron chi connectivity index (χ2n) is 2.70. The average molecular weight is 364 g/mol. The lowest BCUT2D eigenvalue weighted by Gasteiger charge is -2.10. The third-order valence-corrected chi connectivity index (χ3v) is 2.55. The Morgan fingerprint density at radius 2 is 2.18 bits per heavy atom. The van der Waals surface area contributed by atoms with Gasteiger partial charge >= 0.3 is 17.9 Å². The standard InChI is InChI=1S/C7H4F3IN2O4/c8-7(9,10)17-6-5(13(15)16)3(2-14)4(11)1-12-6/h1,14H,2H2. The van der Waals surface area contributed by atoms with Gasteiger partial charge in [0, 0.05) is 9.77 Å². The maximum absolute atomic E-state index is 12.0. The Morgan fingerprint density at radius 1 is 1.59 bits per heavy atom. The molecule has 17 heavy (non-hydrogen) atoms. The Labute approximate surface area is 106 Å². The molecule has 1 aromatic rings. The number of nitrogens with zero attached hydrogens (tertiary/aromatic N) is 2. The monoisotopic (exact) mass is 364 g/mol. The second-order valence-corrected chi connectivity index (χ2v) is 3.86. The van der Waals surface area contributed by atoms with Crippen molar-refractivity contribution in [1.82, 2.24) is 4.98 Å². The number of ether oxygens (including phenoxy) is 1. The molecule has 1 N–H and O–H groups in total. The summed E-state index contributed by atoms with van der Waals surface area (Å²) in [7, 11) is 0. The van der Waals surface area contributed by atoms with Gasteiger partial charge in [-0.05, 0) is 22.6 Å². The van der Waals surface area contributed by atoms with Gasteiger partial charge in [-0.15, -0.1) is 13.2 Å². The van der Waals surface area contributed by atoms with Crippen molar-refractivity contribution in [3.05, 3.63) is 25.4 Å². The number of aromatic nitrogens is 1. The molecule has 10 heteroatoms. The number of hydrogen-bond donors (Lipinski definition) is 1. The topological polar surface area (TPSA) is 85.5 Å². The fourth-order valence-electron chi connectivity index (χ4n) is 1.02. The summed E-state index contributed by atoms with van der Waals surface area (Å²) in [5, 5.41) is 19.5. The molecular weight excluding hydrogens is 360 g/mol. The van der Waals surface area contributed by atoms with Crippen LogP contribution in [0.3, 0.4) is 0 Å². The molecule has 0 amide bonds.